The predicted molar refractivity (Wildman–Crippen MR) is 93.3 cm³/mol. The van der Waals surface area contributed by atoms with Crippen LogP contribution in [0.25, 0.3) is 0 Å². The highest BCUT2D eigenvalue weighted by atomic mass is 16.4. The molecule has 0 atom stereocenters. The smallest absolute Gasteiger partial charge is 0.335 e. The van der Waals surface area contributed by atoms with Crippen LogP contribution >= 0.6 is 0 Å². The van der Waals surface area contributed by atoms with Gasteiger partial charge in [-0.15, -0.1) is 0 Å². The molecule has 25 heavy (non-hydrogen) atoms. The minimum atomic E-state index is -0.955. The van der Waals surface area contributed by atoms with Crippen molar-refractivity contribution in [3.05, 3.63) is 29.6 Å². The second-order valence-electron chi connectivity index (χ2n) is 7.60. The fourth-order valence-corrected chi connectivity index (χ4v) is 3.42. The zero-order valence-corrected chi connectivity index (χ0v) is 14.9. The first-order chi connectivity index (χ1) is 11.9. The van der Waals surface area contributed by atoms with Crippen molar-refractivity contribution in [2.75, 3.05) is 46.8 Å². The summed E-state index contributed by atoms with van der Waals surface area (Å²) in [4.78, 5) is 34.3. The van der Waals surface area contributed by atoms with E-state index in [4.69, 9.17) is 5.11 Å². The number of carboxylic acid groups (broad SMARTS) is 1. The van der Waals surface area contributed by atoms with Crippen molar-refractivity contribution >= 4 is 11.9 Å². The number of carbonyl (C=O) groups excluding carboxylic acids is 1. The summed E-state index contributed by atoms with van der Waals surface area (Å²) in [6.07, 6.45) is 3.82. The van der Waals surface area contributed by atoms with Crippen molar-refractivity contribution in [1.82, 2.24) is 19.7 Å². The van der Waals surface area contributed by atoms with Crippen molar-refractivity contribution in [3.63, 3.8) is 0 Å². The van der Waals surface area contributed by atoms with Crippen LogP contribution in [0.2, 0.25) is 0 Å². The topological polar surface area (TPSA) is 77.0 Å². The van der Waals surface area contributed by atoms with Gasteiger partial charge in [0.1, 0.15) is 0 Å². The van der Waals surface area contributed by atoms with Crippen LogP contribution in [0.15, 0.2) is 18.3 Å². The van der Waals surface area contributed by atoms with Crippen LogP contribution in [-0.4, -0.2) is 83.5 Å². The number of carboxylic acids is 1. The molecule has 0 radical (unpaired) electrons. The predicted octanol–water partition coefficient (Wildman–Crippen LogP) is 0.766. The first-order valence-corrected chi connectivity index (χ1v) is 8.70. The van der Waals surface area contributed by atoms with Gasteiger partial charge in [-0.1, -0.05) is 0 Å². The zero-order valence-electron chi connectivity index (χ0n) is 14.9. The van der Waals surface area contributed by atoms with Crippen molar-refractivity contribution in [2.24, 2.45) is 5.41 Å². The second kappa shape index (κ2) is 7.09. The SMILES string of the molecule is CN(C)CCN1CC2(CC2)CN(Cc2cc(C(=O)O)ccn2)CC1=O. The summed E-state index contributed by atoms with van der Waals surface area (Å²) >= 11 is 0. The monoisotopic (exact) mass is 346 g/mol. The average molecular weight is 346 g/mol. The lowest BCUT2D eigenvalue weighted by Crippen LogP contribution is -2.40. The lowest BCUT2D eigenvalue weighted by molar-refractivity contribution is -0.131. The van der Waals surface area contributed by atoms with Gasteiger partial charge in [0, 0.05) is 44.3 Å². The van der Waals surface area contributed by atoms with E-state index >= 15 is 0 Å². The average Bonchev–Trinajstić information content (AvgIpc) is 3.32. The largest absolute Gasteiger partial charge is 0.478 e. The molecule has 0 bridgehead atoms. The molecule has 1 saturated heterocycles. The molecule has 7 nitrogen and oxygen atoms in total. The third kappa shape index (κ3) is 4.55. The van der Waals surface area contributed by atoms with E-state index in [1.165, 1.54) is 12.3 Å². The molecule has 0 unspecified atom stereocenters. The maximum Gasteiger partial charge on any atom is 0.335 e. The van der Waals surface area contributed by atoms with Gasteiger partial charge in [0.25, 0.3) is 0 Å². The number of pyridine rings is 1. The lowest BCUT2D eigenvalue weighted by atomic mass is 10.1. The van der Waals surface area contributed by atoms with E-state index in [0.717, 1.165) is 39.0 Å². The van der Waals surface area contributed by atoms with Gasteiger partial charge < -0.3 is 14.9 Å². The van der Waals surface area contributed by atoms with Gasteiger partial charge in [-0.3, -0.25) is 14.7 Å². The molecule has 136 valence electrons. The molecule has 2 fully saturated rings. The van der Waals surface area contributed by atoms with Crippen LogP contribution in [-0.2, 0) is 11.3 Å². The van der Waals surface area contributed by atoms with Gasteiger partial charge in [0.2, 0.25) is 5.91 Å². The minimum Gasteiger partial charge on any atom is -0.478 e. The molecule has 1 spiro atoms. The third-order valence-electron chi connectivity index (χ3n) is 5.02. The molecule has 2 heterocycles. The number of carbonyl (C=O) groups is 2. The molecule has 1 aromatic heterocycles. The van der Waals surface area contributed by atoms with Crippen LogP contribution < -0.4 is 0 Å². The quantitative estimate of drug-likeness (QED) is 0.820. The van der Waals surface area contributed by atoms with E-state index in [0.29, 0.717) is 18.8 Å². The molecule has 0 aromatic carbocycles. The highest BCUT2D eigenvalue weighted by Gasteiger charge is 2.48. The normalized spacial score (nSPS) is 20.1. The van der Waals surface area contributed by atoms with Crippen LogP contribution in [0.5, 0.6) is 0 Å². The molecule has 1 aliphatic heterocycles. The zero-order chi connectivity index (χ0) is 18.0. The molecule has 2 aliphatic rings. The molecular formula is C18H26N4O3. The Morgan fingerprint density at radius 1 is 1.36 bits per heavy atom. The van der Waals surface area contributed by atoms with Crippen LogP contribution in [0.4, 0.5) is 0 Å². The Morgan fingerprint density at radius 2 is 2.12 bits per heavy atom. The summed E-state index contributed by atoms with van der Waals surface area (Å²) in [6, 6.07) is 3.09. The minimum absolute atomic E-state index is 0.153. The summed E-state index contributed by atoms with van der Waals surface area (Å²) in [5.74, 6) is -0.802. The van der Waals surface area contributed by atoms with E-state index in [1.807, 2.05) is 19.0 Å². The van der Waals surface area contributed by atoms with E-state index in [2.05, 4.69) is 14.8 Å². The summed E-state index contributed by atoms with van der Waals surface area (Å²) in [6.45, 7) is 4.21. The third-order valence-corrected chi connectivity index (χ3v) is 5.02. The molecule has 1 saturated carbocycles. The summed E-state index contributed by atoms with van der Waals surface area (Å²) < 4.78 is 0. The fraction of sp³-hybridized carbons (Fsp3) is 0.611. The second-order valence-corrected chi connectivity index (χ2v) is 7.60. The number of amides is 1. The van der Waals surface area contributed by atoms with Gasteiger partial charge in [0.05, 0.1) is 17.8 Å². The number of hydrogen-bond donors (Lipinski definition) is 1. The van der Waals surface area contributed by atoms with Gasteiger partial charge in [-0.2, -0.15) is 0 Å². The Bertz CT molecular complexity index is 657. The number of likely N-dealkylation sites (N-methyl/N-ethyl adjacent to an activating group) is 1. The van der Waals surface area contributed by atoms with Crippen molar-refractivity contribution in [2.45, 2.75) is 19.4 Å². The van der Waals surface area contributed by atoms with Crippen molar-refractivity contribution in [3.8, 4) is 0 Å². The number of aromatic nitrogens is 1. The van der Waals surface area contributed by atoms with Crippen molar-refractivity contribution in [1.29, 1.82) is 0 Å². The molecule has 7 heteroatoms. The van der Waals surface area contributed by atoms with Gasteiger partial charge >= 0.3 is 5.97 Å². The van der Waals surface area contributed by atoms with Crippen molar-refractivity contribution < 1.29 is 14.7 Å². The van der Waals surface area contributed by atoms with Gasteiger partial charge in [-0.25, -0.2) is 4.79 Å². The van der Waals surface area contributed by atoms with Crippen LogP contribution in [0.3, 0.4) is 0 Å². The highest BCUT2D eigenvalue weighted by molar-refractivity contribution is 5.87. The first kappa shape index (κ1) is 17.8. The number of rotatable bonds is 6. The molecule has 1 aliphatic carbocycles. The van der Waals surface area contributed by atoms with E-state index in [1.54, 1.807) is 6.07 Å². The maximum atomic E-state index is 12.7. The Kier molecular flexibility index (Phi) is 5.06. The Morgan fingerprint density at radius 3 is 2.76 bits per heavy atom. The molecule has 3 rings (SSSR count). The highest BCUT2D eigenvalue weighted by Crippen LogP contribution is 2.48. The van der Waals surface area contributed by atoms with Crippen LogP contribution in [0, 0.1) is 5.41 Å². The molecule has 1 amide bonds. The standard InChI is InChI=1S/C18H26N4O3/c1-20(2)7-8-22-13-18(4-5-18)12-21(11-16(22)23)10-15-9-14(17(24)25)3-6-19-15/h3,6,9H,4-5,7-8,10-13H2,1-2H3,(H,24,25). The number of aromatic carboxylic acids is 1. The summed E-state index contributed by atoms with van der Waals surface area (Å²) in [5.41, 5.74) is 1.15. The molecular weight excluding hydrogens is 320 g/mol. The fourth-order valence-electron chi connectivity index (χ4n) is 3.42. The maximum absolute atomic E-state index is 12.7. The molecule has 1 N–H and O–H groups in total. The first-order valence-electron chi connectivity index (χ1n) is 8.70. The Balaban J connectivity index is 1.69. The number of nitrogens with zero attached hydrogens (tertiary/aromatic N) is 4. The van der Waals surface area contributed by atoms with Gasteiger partial charge in [-0.05, 0) is 39.1 Å². The van der Waals surface area contributed by atoms with E-state index in [-0.39, 0.29) is 16.9 Å². The summed E-state index contributed by atoms with van der Waals surface area (Å²) in [5, 5.41) is 9.13. The van der Waals surface area contributed by atoms with Gasteiger partial charge in [0.15, 0.2) is 0 Å². The number of hydrogen-bond acceptors (Lipinski definition) is 5. The van der Waals surface area contributed by atoms with E-state index in [9.17, 15) is 9.59 Å². The Hall–Kier alpha value is -1.99. The van der Waals surface area contributed by atoms with E-state index < -0.39 is 5.97 Å². The van der Waals surface area contributed by atoms with Crippen LogP contribution in [0.1, 0.15) is 28.9 Å². The Labute approximate surface area is 148 Å². The summed E-state index contributed by atoms with van der Waals surface area (Å²) in [7, 11) is 4.03. The lowest BCUT2D eigenvalue weighted by Gasteiger charge is -2.25. The molecule has 1 aromatic rings.